The van der Waals surface area contributed by atoms with E-state index in [4.69, 9.17) is 0 Å². The fraction of sp³-hybridized carbons (Fsp3) is 0.176. The zero-order valence-electron chi connectivity index (χ0n) is 11.3. The Hall–Kier alpha value is -2.22. The Morgan fingerprint density at radius 3 is 2.63 bits per heavy atom. The molecule has 0 N–H and O–H groups in total. The molecule has 96 valence electrons. The molecule has 0 radical (unpaired) electrons. The molecule has 2 heteroatoms. The quantitative estimate of drug-likeness (QED) is 0.603. The lowest BCUT2D eigenvalue weighted by Crippen LogP contribution is -2.04. The lowest BCUT2D eigenvalue weighted by molar-refractivity contribution is 0.100. The molecule has 0 saturated heterocycles. The molecule has 2 aromatic carbocycles. The summed E-state index contributed by atoms with van der Waals surface area (Å²) in [6, 6.07) is 15.6. The predicted octanol–water partition coefficient (Wildman–Crippen LogP) is 3.61. The maximum Gasteiger partial charge on any atom is 0.184 e. The van der Waals surface area contributed by atoms with Crippen LogP contribution >= 0.6 is 0 Å². The van der Waals surface area contributed by atoms with Gasteiger partial charge in [-0.05, 0) is 31.0 Å². The van der Waals surface area contributed by atoms with Crippen LogP contribution in [0, 0.1) is 13.8 Å². The van der Waals surface area contributed by atoms with Crippen molar-refractivity contribution in [3.05, 3.63) is 70.8 Å². The monoisotopic (exact) mass is 251 g/mol. The normalized spacial score (nSPS) is 10.8. The van der Waals surface area contributed by atoms with Crippen molar-refractivity contribution in [1.82, 2.24) is 0 Å². The molecule has 0 aliphatic carbocycles. The fourth-order valence-corrected chi connectivity index (χ4v) is 1.87. The van der Waals surface area contributed by atoms with E-state index < -0.39 is 0 Å². The van der Waals surface area contributed by atoms with Crippen molar-refractivity contribution in [2.45, 2.75) is 13.8 Å². The number of ketones is 1. The van der Waals surface area contributed by atoms with Crippen LogP contribution in [0.1, 0.15) is 27.0 Å². The number of aryl methyl sites for hydroxylation is 2. The molecule has 0 amide bonds. The number of Topliss-reactive ketones (excluding diaryl/α,β-unsaturated/α-hetero) is 1. The zero-order valence-corrected chi connectivity index (χ0v) is 11.3. The molecule has 19 heavy (non-hydrogen) atoms. The summed E-state index contributed by atoms with van der Waals surface area (Å²) >= 11 is 0. The number of carbonyl (C=O) groups is 1. The summed E-state index contributed by atoms with van der Waals surface area (Å²) in [7, 11) is 0. The summed E-state index contributed by atoms with van der Waals surface area (Å²) in [4.78, 5) is 16.2. The number of benzene rings is 2. The number of hydrogen-bond acceptors (Lipinski definition) is 2. The van der Waals surface area contributed by atoms with Gasteiger partial charge in [0.15, 0.2) is 5.78 Å². The molecule has 0 heterocycles. The van der Waals surface area contributed by atoms with Crippen LogP contribution in [0.5, 0.6) is 0 Å². The Morgan fingerprint density at radius 1 is 1.11 bits per heavy atom. The Morgan fingerprint density at radius 2 is 1.89 bits per heavy atom. The number of rotatable bonds is 4. The van der Waals surface area contributed by atoms with E-state index in [1.165, 1.54) is 0 Å². The molecule has 2 rings (SSSR count). The first-order valence-electron chi connectivity index (χ1n) is 6.32. The van der Waals surface area contributed by atoms with Crippen LogP contribution in [0.25, 0.3) is 0 Å². The van der Waals surface area contributed by atoms with Crippen LogP contribution in [0.4, 0.5) is 0 Å². The van der Waals surface area contributed by atoms with Crippen LogP contribution < -0.4 is 0 Å². The topological polar surface area (TPSA) is 29.4 Å². The van der Waals surface area contributed by atoms with Crippen LogP contribution in [-0.4, -0.2) is 18.5 Å². The first-order valence-corrected chi connectivity index (χ1v) is 6.32. The van der Waals surface area contributed by atoms with Crippen molar-refractivity contribution in [2.24, 2.45) is 4.99 Å². The third kappa shape index (κ3) is 3.62. The van der Waals surface area contributed by atoms with E-state index in [1.807, 2.05) is 62.4 Å². The minimum Gasteiger partial charge on any atom is -0.292 e. The Bertz CT molecular complexity index is 614. The standard InChI is InChI=1S/C17H17NO/c1-13-6-5-9-15(10-13)17(19)12-18-11-16-8-4-3-7-14(16)2/h3-11H,12H2,1-2H3. The van der Waals surface area contributed by atoms with Crippen molar-refractivity contribution in [3.8, 4) is 0 Å². The van der Waals surface area contributed by atoms with Gasteiger partial charge in [0.25, 0.3) is 0 Å². The highest BCUT2D eigenvalue weighted by Crippen LogP contribution is 2.06. The molecular weight excluding hydrogens is 234 g/mol. The zero-order chi connectivity index (χ0) is 13.7. The lowest BCUT2D eigenvalue weighted by atomic mass is 10.1. The molecule has 0 atom stereocenters. The third-order valence-electron chi connectivity index (χ3n) is 2.99. The van der Waals surface area contributed by atoms with Gasteiger partial charge in [-0.3, -0.25) is 9.79 Å². The Labute approximate surface area is 113 Å². The van der Waals surface area contributed by atoms with Crippen molar-refractivity contribution in [1.29, 1.82) is 0 Å². The molecular formula is C17H17NO. The smallest absolute Gasteiger partial charge is 0.184 e. The van der Waals surface area contributed by atoms with Gasteiger partial charge in [0.2, 0.25) is 0 Å². The average Bonchev–Trinajstić information content (AvgIpc) is 2.41. The maximum atomic E-state index is 12.0. The van der Waals surface area contributed by atoms with E-state index in [0.717, 1.165) is 22.3 Å². The number of nitrogens with zero attached hydrogens (tertiary/aromatic N) is 1. The van der Waals surface area contributed by atoms with Gasteiger partial charge in [-0.2, -0.15) is 0 Å². The van der Waals surface area contributed by atoms with Gasteiger partial charge in [-0.25, -0.2) is 0 Å². The van der Waals surface area contributed by atoms with E-state index >= 15 is 0 Å². The largest absolute Gasteiger partial charge is 0.292 e. The van der Waals surface area contributed by atoms with Gasteiger partial charge < -0.3 is 0 Å². The molecule has 0 spiro atoms. The van der Waals surface area contributed by atoms with Gasteiger partial charge in [-0.1, -0.05) is 48.0 Å². The minimum absolute atomic E-state index is 0.0496. The summed E-state index contributed by atoms with van der Waals surface area (Å²) in [6.07, 6.45) is 1.77. The molecule has 0 unspecified atom stereocenters. The molecule has 0 bridgehead atoms. The van der Waals surface area contributed by atoms with Crippen molar-refractivity contribution in [3.63, 3.8) is 0 Å². The number of carbonyl (C=O) groups excluding carboxylic acids is 1. The second kappa shape index (κ2) is 6.10. The molecule has 0 aliphatic heterocycles. The molecule has 0 fully saturated rings. The van der Waals surface area contributed by atoms with Crippen LogP contribution in [0.15, 0.2) is 53.5 Å². The first-order chi connectivity index (χ1) is 9.16. The summed E-state index contributed by atoms with van der Waals surface area (Å²) < 4.78 is 0. The highest BCUT2D eigenvalue weighted by Gasteiger charge is 2.03. The number of hydrogen-bond donors (Lipinski definition) is 0. The SMILES string of the molecule is Cc1cccc(C(=O)CN=Cc2ccccc2C)c1. The Balaban J connectivity index is 2.03. The number of aliphatic imine (C=N–C) groups is 1. The predicted molar refractivity (Wildman–Crippen MR) is 79.1 cm³/mol. The van der Waals surface area contributed by atoms with E-state index in [0.29, 0.717) is 0 Å². The van der Waals surface area contributed by atoms with Gasteiger partial charge in [-0.15, -0.1) is 0 Å². The van der Waals surface area contributed by atoms with E-state index in [9.17, 15) is 4.79 Å². The van der Waals surface area contributed by atoms with E-state index in [1.54, 1.807) is 6.21 Å². The van der Waals surface area contributed by atoms with Gasteiger partial charge in [0, 0.05) is 11.8 Å². The molecule has 0 saturated carbocycles. The second-order valence-corrected chi connectivity index (χ2v) is 4.62. The summed E-state index contributed by atoms with van der Waals surface area (Å²) in [6.45, 7) is 4.20. The third-order valence-corrected chi connectivity index (χ3v) is 2.99. The van der Waals surface area contributed by atoms with Crippen LogP contribution in [0.2, 0.25) is 0 Å². The summed E-state index contributed by atoms with van der Waals surface area (Å²) in [5.74, 6) is 0.0496. The van der Waals surface area contributed by atoms with Crippen LogP contribution in [-0.2, 0) is 0 Å². The van der Waals surface area contributed by atoms with Gasteiger partial charge in [0.05, 0.1) is 0 Å². The second-order valence-electron chi connectivity index (χ2n) is 4.62. The fourth-order valence-electron chi connectivity index (χ4n) is 1.87. The lowest BCUT2D eigenvalue weighted by Gasteiger charge is -2.00. The minimum atomic E-state index is 0.0496. The van der Waals surface area contributed by atoms with E-state index in [2.05, 4.69) is 4.99 Å². The molecule has 2 nitrogen and oxygen atoms in total. The maximum absolute atomic E-state index is 12.0. The first kappa shape index (κ1) is 13.2. The summed E-state index contributed by atoms with van der Waals surface area (Å²) in [5.41, 5.74) is 4.03. The highest BCUT2D eigenvalue weighted by atomic mass is 16.1. The molecule has 2 aromatic rings. The molecule has 0 aliphatic rings. The Kier molecular flexibility index (Phi) is 4.24. The van der Waals surface area contributed by atoms with Crippen molar-refractivity contribution >= 4 is 12.0 Å². The van der Waals surface area contributed by atoms with Gasteiger partial charge in [0.1, 0.15) is 6.54 Å². The van der Waals surface area contributed by atoms with Gasteiger partial charge >= 0.3 is 0 Å². The van der Waals surface area contributed by atoms with E-state index in [-0.39, 0.29) is 12.3 Å². The van der Waals surface area contributed by atoms with Crippen molar-refractivity contribution in [2.75, 3.05) is 6.54 Å². The molecule has 0 aromatic heterocycles. The van der Waals surface area contributed by atoms with Crippen molar-refractivity contribution < 1.29 is 4.79 Å². The highest BCUT2D eigenvalue weighted by molar-refractivity contribution is 5.98. The average molecular weight is 251 g/mol. The summed E-state index contributed by atoms with van der Waals surface area (Å²) in [5, 5.41) is 0. The van der Waals surface area contributed by atoms with Crippen LogP contribution in [0.3, 0.4) is 0 Å².